The van der Waals surface area contributed by atoms with Gasteiger partial charge in [0.2, 0.25) is 0 Å². The molecule has 1 heterocycles. The van der Waals surface area contributed by atoms with Gasteiger partial charge in [-0.25, -0.2) is 4.79 Å². The molecule has 0 amide bonds. The summed E-state index contributed by atoms with van der Waals surface area (Å²) in [6.07, 6.45) is 4.19. The fraction of sp³-hybridized carbons (Fsp3) is 0.538. The molecule has 18 heavy (non-hydrogen) atoms. The Morgan fingerprint density at radius 3 is 3.11 bits per heavy atom. The standard InChI is InChI=1S/C13H18N2O3/c16-13(17)11-2-1-5-15-12(11)8-14-6-7-18-9-10-3-4-10/h1-2,5,10,14H,3-4,6-9H2,(H,16,17). The molecule has 1 aromatic rings. The monoisotopic (exact) mass is 250 g/mol. The van der Waals surface area contributed by atoms with Crippen LogP contribution >= 0.6 is 0 Å². The van der Waals surface area contributed by atoms with Crippen molar-refractivity contribution < 1.29 is 14.6 Å². The number of rotatable bonds is 8. The average Bonchev–Trinajstić information content (AvgIpc) is 3.18. The second-order valence-corrected chi connectivity index (χ2v) is 4.50. The summed E-state index contributed by atoms with van der Waals surface area (Å²) in [4.78, 5) is 15.0. The number of carboxylic acids is 1. The van der Waals surface area contributed by atoms with Crippen molar-refractivity contribution in [2.45, 2.75) is 19.4 Å². The Hall–Kier alpha value is -1.46. The van der Waals surface area contributed by atoms with Gasteiger partial charge in [0.15, 0.2) is 0 Å². The largest absolute Gasteiger partial charge is 0.478 e. The lowest BCUT2D eigenvalue weighted by atomic mass is 10.2. The van der Waals surface area contributed by atoms with Gasteiger partial charge in [-0.1, -0.05) is 0 Å². The predicted octanol–water partition coefficient (Wildman–Crippen LogP) is 1.30. The van der Waals surface area contributed by atoms with E-state index >= 15 is 0 Å². The highest BCUT2D eigenvalue weighted by molar-refractivity contribution is 5.88. The van der Waals surface area contributed by atoms with Gasteiger partial charge in [0.1, 0.15) is 0 Å². The molecule has 0 unspecified atom stereocenters. The molecule has 2 rings (SSSR count). The second-order valence-electron chi connectivity index (χ2n) is 4.50. The molecule has 1 saturated carbocycles. The van der Waals surface area contributed by atoms with Crippen LogP contribution in [0.3, 0.4) is 0 Å². The number of hydrogen-bond acceptors (Lipinski definition) is 4. The lowest BCUT2D eigenvalue weighted by Crippen LogP contribution is -2.21. The van der Waals surface area contributed by atoms with Crippen molar-refractivity contribution in [3.05, 3.63) is 29.6 Å². The third kappa shape index (κ3) is 4.09. The van der Waals surface area contributed by atoms with Crippen LogP contribution in [0.25, 0.3) is 0 Å². The van der Waals surface area contributed by atoms with Crippen molar-refractivity contribution in [1.82, 2.24) is 10.3 Å². The van der Waals surface area contributed by atoms with E-state index in [9.17, 15) is 4.79 Å². The van der Waals surface area contributed by atoms with Gasteiger partial charge in [0.25, 0.3) is 0 Å². The van der Waals surface area contributed by atoms with E-state index in [4.69, 9.17) is 9.84 Å². The van der Waals surface area contributed by atoms with Crippen molar-refractivity contribution in [1.29, 1.82) is 0 Å². The summed E-state index contributed by atoms with van der Waals surface area (Å²) < 4.78 is 5.47. The number of nitrogens with zero attached hydrogens (tertiary/aromatic N) is 1. The van der Waals surface area contributed by atoms with Crippen molar-refractivity contribution in [3.8, 4) is 0 Å². The van der Waals surface area contributed by atoms with Gasteiger partial charge < -0.3 is 15.2 Å². The van der Waals surface area contributed by atoms with E-state index < -0.39 is 5.97 Å². The molecule has 1 aliphatic rings. The van der Waals surface area contributed by atoms with E-state index in [0.717, 1.165) is 12.5 Å². The van der Waals surface area contributed by atoms with Crippen molar-refractivity contribution >= 4 is 5.97 Å². The van der Waals surface area contributed by atoms with Crippen LogP contribution in [-0.4, -0.2) is 35.8 Å². The maximum absolute atomic E-state index is 10.9. The lowest BCUT2D eigenvalue weighted by Gasteiger charge is -2.07. The van der Waals surface area contributed by atoms with Gasteiger partial charge in [-0.2, -0.15) is 0 Å². The number of aromatic nitrogens is 1. The fourth-order valence-electron chi connectivity index (χ4n) is 1.66. The summed E-state index contributed by atoms with van der Waals surface area (Å²) in [6.45, 7) is 2.68. The summed E-state index contributed by atoms with van der Waals surface area (Å²) in [5.41, 5.74) is 0.816. The van der Waals surface area contributed by atoms with Gasteiger partial charge in [-0.3, -0.25) is 4.98 Å². The topological polar surface area (TPSA) is 71.5 Å². The van der Waals surface area contributed by atoms with Crippen LogP contribution in [-0.2, 0) is 11.3 Å². The molecule has 0 bridgehead atoms. The first-order chi connectivity index (χ1) is 8.77. The Bertz CT molecular complexity index is 405. The lowest BCUT2D eigenvalue weighted by molar-refractivity contribution is 0.0695. The van der Waals surface area contributed by atoms with Crippen molar-refractivity contribution in [2.75, 3.05) is 19.8 Å². The molecule has 98 valence electrons. The van der Waals surface area contributed by atoms with Crippen LogP contribution in [0.1, 0.15) is 28.9 Å². The third-order valence-electron chi connectivity index (χ3n) is 2.89. The Kier molecular flexibility index (Phi) is 4.66. The van der Waals surface area contributed by atoms with Gasteiger partial charge in [0, 0.05) is 25.9 Å². The van der Waals surface area contributed by atoms with E-state index in [0.29, 0.717) is 25.4 Å². The number of nitrogens with one attached hydrogen (secondary N) is 1. The van der Waals surface area contributed by atoms with Gasteiger partial charge in [0.05, 0.1) is 17.9 Å². The van der Waals surface area contributed by atoms with Crippen LogP contribution in [0, 0.1) is 5.92 Å². The zero-order chi connectivity index (χ0) is 12.8. The predicted molar refractivity (Wildman–Crippen MR) is 66.4 cm³/mol. The van der Waals surface area contributed by atoms with Crippen LogP contribution in [0.4, 0.5) is 0 Å². The molecule has 1 aliphatic carbocycles. The second kappa shape index (κ2) is 6.47. The maximum atomic E-state index is 10.9. The quantitative estimate of drug-likeness (QED) is 0.680. The average molecular weight is 250 g/mol. The maximum Gasteiger partial charge on any atom is 0.337 e. The smallest absolute Gasteiger partial charge is 0.337 e. The van der Waals surface area contributed by atoms with E-state index in [1.165, 1.54) is 12.8 Å². The minimum absolute atomic E-state index is 0.254. The number of aromatic carboxylic acids is 1. The molecule has 5 heteroatoms. The summed E-state index contributed by atoms with van der Waals surface area (Å²) in [5.74, 6) is -0.163. The van der Waals surface area contributed by atoms with E-state index in [1.807, 2.05) is 0 Å². The Labute approximate surface area is 106 Å². The summed E-state index contributed by atoms with van der Waals surface area (Å²) in [6, 6.07) is 3.20. The molecular formula is C13H18N2O3. The summed E-state index contributed by atoms with van der Waals surface area (Å²) in [5, 5.41) is 12.1. The minimum Gasteiger partial charge on any atom is -0.478 e. The first kappa shape index (κ1) is 13.0. The number of carboxylic acid groups (broad SMARTS) is 1. The van der Waals surface area contributed by atoms with Gasteiger partial charge >= 0.3 is 5.97 Å². The molecule has 5 nitrogen and oxygen atoms in total. The van der Waals surface area contributed by atoms with Gasteiger partial charge in [-0.05, 0) is 30.9 Å². The number of carbonyl (C=O) groups is 1. The van der Waals surface area contributed by atoms with E-state index in [-0.39, 0.29) is 5.56 Å². The van der Waals surface area contributed by atoms with Crippen LogP contribution in [0.15, 0.2) is 18.3 Å². The Morgan fingerprint density at radius 1 is 1.56 bits per heavy atom. The Balaban J connectivity index is 1.67. The summed E-state index contributed by atoms with van der Waals surface area (Å²) >= 11 is 0. The molecule has 0 atom stereocenters. The SMILES string of the molecule is O=C(O)c1cccnc1CNCCOCC1CC1. The highest BCUT2D eigenvalue weighted by Gasteiger charge is 2.20. The number of pyridine rings is 1. The van der Waals surface area contributed by atoms with Crippen LogP contribution in [0.2, 0.25) is 0 Å². The molecular weight excluding hydrogens is 232 g/mol. The molecule has 0 aromatic carbocycles. The molecule has 0 spiro atoms. The Morgan fingerprint density at radius 2 is 2.39 bits per heavy atom. The first-order valence-corrected chi connectivity index (χ1v) is 6.23. The molecule has 1 aromatic heterocycles. The number of hydrogen-bond donors (Lipinski definition) is 2. The number of ether oxygens (including phenoxy) is 1. The zero-order valence-electron chi connectivity index (χ0n) is 10.3. The van der Waals surface area contributed by atoms with Gasteiger partial charge in [-0.15, -0.1) is 0 Å². The van der Waals surface area contributed by atoms with E-state index in [1.54, 1.807) is 18.3 Å². The first-order valence-electron chi connectivity index (χ1n) is 6.23. The third-order valence-corrected chi connectivity index (χ3v) is 2.89. The molecule has 1 fully saturated rings. The minimum atomic E-state index is -0.940. The fourth-order valence-corrected chi connectivity index (χ4v) is 1.66. The highest BCUT2D eigenvalue weighted by atomic mass is 16.5. The molecule has 2 N–H and O–H groups in total. The summed E-state index contributed by atoms with van der Waals surface area (Å²) in [7, 11) is 0. The zero-order valence-corrected chi connectivity index (χ0v) is 10.3. The van der Waals surface area contributed by atoms with Crippen molar-refractivity contribution in [2.24, 2.45) is 5.92 Å². The normalized spacial score (nSPS) is 14.7. The highest BCUT2D eigenvalue weighted by Crippen LogP contribution is 2.28. The molecule has 0 aliphatic heterocycles. The van der Waals surface area contributed by atoms with E-state index in [2.05, 4.69) is 10.3 Å². The molecule has 0 radical (unpaired) electrons. The van der Waals surface area contributed by atoms with Crippen LogP contribution in [0.5, 0.6) is 0 Å². The van der Waals surface area contributed by atoms with Crippen molar-refractivity contribution in [3.63, 3.8) is 0 Å². The molecule has 0 saturated heterocycles. The van der Waals surface area contributed by atoms with Crippen LogP contribution < -0.4 is 5.32 Å².